The summed E-state index contributed by atoms with van der Waals surface area (Å²) >= 11 is 0. The van der Waals surface area contributed by atoms with Crippen LogP contribution >= 0.6 is 0 Å². The molecule has 1 aromatic carbocycles. The number of anilines is 3. The fourth-order valence-corrected chi connectivity index (χ4v) is 4.60. The normalized spacial score (nSPS) is 11.3. The first-order valence-corrected chi connectivity index (χ1v) is 10.7. The van der Waals surface area contributed by atoms with Crippen LogP contribution in [0, 0.1) is 20.8 Å². The minimum atomic E-state index is -3.58. The van der Waals surface area contributed by atoms with Crippen molar-refractivity contribution in [3.05, 3.63) is 65.5 Å². The maximum atomic E-state index is 12.6. The molecule has 0 fully saturated rings. The summed E-state index contributed by atoms with van der Waals surface area (Å²) in [7, 11) is -3.58. The van der Waals surface area contributed by atoms with Crippen molar-refractivity contribution < 1.29 is 8.42 Å². The van der Waals surface area contributed by atoms with Gasteiger partial charge in [-0.2, -0.15) is 0 Å². The average molecular weight is 413 g/mol. The summed E-state index contributed by atoms with van der Waals surface area (Å²) < 4.78 is 27.9. The van der Waals surface area contributed by atoms with Crippen LogP contribution in [0.1, 0.15) is 16.7 Å². The number of aryl methyl sites for hydroxylation is 3. The molecular weight excluding hydrogens is 388 g/mol. The third-order valence-electron chi connectivity index (χ3n) is 4.20. The van der Waals surface area contributed by atoms with Crippen LogP contribution in [-0.2, 0) is 10.0 Å². The van der Waals surface area contributed by atoms with Crippen molar-refractivity contribution in [2.24, 2.45) is 0 Å². The lowest BCUT2D eigenvalue weighted by molar-refractivity contribution is 0.581. The number of sulfonamides is 1. The lowest BCUT2D eigenvalue weighted by Crippen LogP contribution is -2.30. The van der Waals surface area contributed by atoms with Gasteiger partial charge in [0.15, 0.2) is 5.82 Å². The number of hydrogen-bond acceptors (Lipinski definition) is 7. The molecule has 8 nitrogen and oxygen atoms in total. The second kappa shape index (κ2) is 8.97. The van der Waals surface area contributed by atoms with Gasteiger partial charge < -0.3 is 10.6 Å². The lowest BCUT2D eigenvalue weighted by atomic mass is 10.1. The van der Waals surface area contributed by atoms with Gasteiger partial charge in [-0.1, -0.05) is 17.7 Å². The zero-order valence-corrected chi connectivity index (χ0v) is 17.4. The zero-order valence-electron chi connectivity index (χ0n) is 16.6. The second-order valence-corrected chi connectivity index (χ2v) is 8.43. The molecule has 152 valence electrons. The maximum absolute atomic E-state index is 12.6. The van der Waals surface area contributed by atoms with E-state index in [0.29, 0.717) is 23.1 Å². The van der Waals surface area contributed by atoms with E-state index < -0.39 is 10.0 Å². The first-order chi connectivity index (χ1) is 13.8. The third-order valence-corrected chi connectivity index (χ3v) is 5.96. The van der Waals surface area contributed by atoms with Crippen molar-refractivity contribution in [2.75, 3.05) is 23.7 Å². The predicted molar refractivity (Wildman–Crippen MR) is 114 cm³/mol. The molecule has 0 atom stereocenters. The molecule has 2 heterocycles. The van der Waals surface area contributed by atoms with Crippen molar-refractivity contribution in [2.45, 2.75) is 25.7 Å². The Morgan fingerprint density at radius 3 is 2.24 bits per heavy atom. The van der Waals surface area contributed by atoms with E-state index in [1.165, 1.54) is 0 Å². The highest BCUT2D eigenvalue weighted by atomic mass is 32.2. The summed E-state index contributed by atoms with van der Waals surface area (Å²) in [4.78, 5) is 4.37. The fraction of sp³-hybridized carbons (Fsp3) is 0.250. The van der Waals surface area contributed by atoms with E-state index in [9.17, 15) is 8.42 Å². The number of aromatic nitrogens is 3. The molecule has 29 heavy (non-hydrogen) atoms. The molecular formula is C20H24N6O2S. The van der Waals surface area contributed by atoms with Gasteiger partial charge in [-0.3, -0.25) is 4.98 Å². The highest BCUT2D eigenvalue weighted by Gasteiger charge is 2.19. The van der Waals surface area contributed by atoms with E-state index in [1.54, 1.807) is 24.5 Å². The first-order valence-electron chi connectivity index (χ1n) is 9.17. The highest BCUT2D eigenvalue weighted by molar-refractivity contribution is 7.89. The van der Waals surface area contributed by atoms with Gasteiger partial charge >= 0.3 is 0 Å². The molecule has 2 aromatic heterocycles. The molecule has 0 aliphatic heterocycles. The summed E-state index contributed by atoms with van der Waals surface area (Å²) in [5.41, 5.74) is 3.34. The summed E-state index contributed by atoms with van der Waals surface area (Å²) in [5, 5.41) is 14.3. The van der Waals surface area contributed by atoms with Gasteiger partial charge in [0.2, 0.25) is 10.0 Å². The molecule has 0 saturated carbocycles. The van der Waals surface area contributed by atoms with Gasteiger partial charge in [-0.15, -0.1) is 10.2 Å². The fourth-order valence-electron chi connectivity index (χ4n) is 3.12. The molecule has 0 unspecified atom stereocenters. The first kappa shape index (κ1) is 20.7. The topological polar surface area (TPSA) is 109 Å². The van der Waals surface area contributed by atoms with Crippen LogP contribution in [0.2, 0.25) is 0 Å². The van der Waals surface area contributed by atoms with E-state index in [0.717, 1.165) is 22.4 Å². The van der Waals surface area contributed by atoms with E-state index in [-0.39, 0.29) is 6.54 Å². The Labute approximate surface area is 170 Å². The molecule has 3 aromatic rings. The summed E-state index contributed by atoms with van der Waals surface area (Å²) in [6, 6.07) is 11.0. The molecule has 0 aliphatic rings. The van der Waals surface area contributed by atoms with Crippen LogP contribution in [0.15, 0.2) is 53.7 Å². The summed E-state index contributed by atoms with van der Waals surface area (Å²) in [6.07, 6.45) is 3.39. The highest BCUT2D eigenvalue weighted by Crippen LogP contribution is 2.21. The molecule has 0 bridgehead atoms. The van der Waals surface area contributed by atoms with Crippen molar-refractivity contribution >= 4 is 27.3 Å². The molecule has 0 spiro atoms. The number of nitrogens with zero attached hydrogens (tertiary/aromatic N) is 3. The molecule has 9 heteroatoms. The van der Waals surface area contributed by atoms with E-state index in [4.69, 9.17) is 0 Å². The molecule has 0 saturated heterocycles. The number of nitrogens with one attached hydrogen (secondary N) is 3. The molecule has 0 amide bonds. The number of hydrogen-bond donors (Lipinski definition) is 3. The van der Waals surface area contributed by atoms with Crippen LogP contribution in [0.25, 0.3) is 0 Å². The van der Waals surface area contributed by atoms with Gasteiger partial charge in [0.1, 0.15) is 5.82 Å². The van der Waals surface area contributed by atoms with Gasteiger partial charge in [-0.25, -0.2) is 13.1 Å². The number of rotatable bonds is 8. The summed E-state index contributed by atoms with van der Waals surface area (Å²) in [5.74, 6) is 1.15. The van der Waals surface area contributed by atoms with Crippen molar-refractivity contribution in [1.82, 2.24) is 19.9 Å². The standard InChI is InChI=1S/C20H24N6O2S/c1-14-11-15(2)20(16(3)12-14)29(27,28)23-10-9-22-18-6-7-19(26-25-18)24-17-5-4-8-21-13-17/h4-8,11-13,23H,9-10H2,1-3H3,(H,22,25)(H,24,26). The lowest BCUT2D eigenvalue weighted by Gasteiger charge is -2.13. The summed E-state index contributed by atoms with van der Waals surface area (Å²) in [6.45, 7) is 6.18. The van der Waals surface area contributed by atoms with Crippen LogP contribution < -0.4 is 15.4 Å². The van der Waals surface area contributed by atoms with Crippen molar-refractivity contribution in [3.63, 3.8) is 0 Å². The Balaban J connectivity index is 1.52. The maximum Gasteiger partial charge on any atom is 0.241 e. The quantitative estimate of drug-likeness (QED) is 0.488. The SMILES string of the molecule is Cc1cc(C)c(S(=O)(=O)NCCNc2ccc(Nc3cccnc3)nn2)c(C)c1. The minimum Gasteiger partial charge on any atom is -0.367 e. The number of benzene rings is 1. The van der Waals surface area contributed by atoms with Crippen LogP contribution in [-0.4, -0.2) is 36.7 Å². The second-order valence-electron chi connectivity index (χ2n) is 6.72. The van der Waals surface area contributed by atoms with Crippen LogP contribution in [0.5, 0.6) is 0 Å². The predicted octanol–water partition coefficient (Wildman–Crippen LogP) is 2.93. The van der Waals surface area contributed by atoms with Gasteiger partial charge in [-0.05, 0) is 56.2 Å². The average Bonchev–Trinajstić information content (AvgIpc) is 2.66. The van der Waals surface area contributed by atoms with Crippen molar-refractivity contribution in [1.29, 1.82) is 0 Å². The Hall–Kier alpha value is -3.04. The van der Waals surface area contributed by atoms with Crippen molar-refractivity contribution in [3.8, 4) is 0 Å². The van der Waals surface area contributed by atoms with Gasteiger partial charge in [0, 0.05) is 19.3 Å². The third kappa shape index (κ3) is 5.49. The van der Waals surface area contributed by atoms with E-state index in [1.807, 2.05) is 45.0 Å². The largest absolute Gasteiger partial charge is 0.367 e. The monoisotopic (exact) mass is 412 g/mol. The Morgan fingerprint density at radius 1 is 0.931 bits per heavy atom. The molecule has 3 N–H and O–H groups in total. The Morgan fingerprint density at radius 2 is 1.62 bits per heavy atom. The van der Waals surface area contributed by atoms with Crippen LogP contribution in [0.3, 0.4) is 0 Å². The Kier molecular flexibility index (Phi) is 6.40. The van der Waals surface area contributed by atoms with E-state index >= 15 is 0 Å². The zero-order chi connectivity index (χ0) is 20.9. The Bertz CT molecular complexity index is 1050. The molecule has 0 radical (unpaired) electrons. The van der Waals surface area contributed by atoms with E-state index in [2.05, 4.69) is 30.5 Å². The minimum absolute atomic E-state index is 0.229. The smallest absolute Gasteiger partial charge is 0.241 e. The van der Waals surface area contributed by atoms with Crippen LogP contribution in [0.4, 0.5) is 17.3 Å². The van der Waals surface area contributed by atoms with Gasteiger partial charge in [0.05, 0.1) is 16.8 Å². The molecule has 0 aliphatic carbocycles. The molecule has 3 rings (SSSR count). The number of pyridine rings is 1. The van der Waals surface area contributed by atoms with Gasteiger partial charge in [0.25, 0.3) is 0 Å².